The molecule has 0 aromatic carbocycles. The molecule has 1 N–H and O–H groups in total. The summed E-state index contributed by atoms with van der Waals surface area (Å²) in [6.07, 6.45) is 1.83. The Bertz CT molecular complexity index is 576. The van der Waals surface area contributed by atoms with Gasteiger partial charge in [0, 0.05) is 46.1 Å². The van der Waals surface area contributed by atoms with E-state index in [1.165, 1.54) is 4.88 Å². The molecule has 3 nitrogen and oxygen atoms in total. The second-order valence-corrected chi connectivity index (χ2v) is 6.01. The molecule has 0 fully saturated rings. The summed E-state index contributed by atoms with van der Waals surface area (Å²) in [4.78, 5) is 13.1. The summed E-state index contributed by atoms with van der Waals surface area (Å²) in [6.45, 7) is 4.18. The highest BCUT2D eigenvalue weighted by Crippen LogP contribution is 2.19. The molecule has 2 rings (SSSR count). The number of hydrogen-bond donors (Lipinski definition) is 1. The van der Waals surface area contributed by atoms with Crippen LogP contribution in [-0.4, -0.2) is 11.1 Å². The van der Waals surface area contributed by atoms with Crippen LogP contribution in [0.1, 0.15) is 10.4 Å². The predicted molar refractivity (Wildman–Crippen MR) is 79.2 cm³/mol. The van der Waals surface area contributed by atoms with Gasteiger partial charge in [-0.15, -0.1) is 11.3 Å². The minimum absolute atomic E-state index is 0.0955. The van der Waals surface area contributed by atoms with Crippen LogP contribution in [-0.2, 0) is 13.1 Å². The largest absolute Gasteiger partial charge is 0.314 e. The Morgan fingerprint density at radius 2 is 2.33 bits per heavy atom. The van der Waals surface area contributed by atoms with Crippen LogP contribution in [0.5, 0.6) is 0 Å². The number of pyridine rings is 1. The number of nitrogens with zero attached hydrogens (tertiary/aromatic N) is 1. The summed E-state index contributed by atoms with van der Waals surface area (Å²) in [5.74, 6) is 0. The van der Waals surface area contributed by atoms with Crippen molar-refractivity contribution in [2.75, 3.05) is 6.54 Å². The third-order valence-electron chi connectivity index (χ3n) is 2.66. The molecule has 0 saturated carbocycles. The minimum Gasteiger partial charge on any atom is -0.314 e. The number of halogens is 1. The van der Waals surface area contributed by atoms with Gasteiger partial charge in [0.05, 0.1) is 0 Å². The van der Waals surface area contributed by atoms with Crippen molar-refractivity contribution < 1.29 is 0 Å². The SMILES string of the molecule is Cc1cccn(CCNCc2cc(Br)cs2)c1=O. The zero-order valence-electron chi connectivity index (χ0n) is 10.1. The molecule has 0 aliphatic heterocycles. The summed E-state index contributed by atoms with van der Waals surface area (Å²) in [5.41, 5.74) is 0.887. The smallest absolute Gasteiger partial charge is 0.253 e. The lowest BCUT2D eigenvalue weighted by Crippen LogP contribution is -2.27. The molecule has 0 atom stereocenters. The fourth-order valence-corrected chi connectivity index (χ4v) is 3.11. The number of aromatic nitrogens is 1. The zero-order chi connectivity index (χ0) is 13.0. The third-order valence-corrected chi connectivity index (χ3v) is 4.36. The fourth-order valence-electron chi connectivity index (χ4n) is 1.69. The number of aryl methyl sites for hydroxylation is 1. The maximum absolute atomic E-state index is 11.8. The summed E-state index contributed by atoms with van der Waals surface area (Å²) in [6, 6.07) is 5.86. The number of rotatable bonds is 5. The van der Waals surface area contributed by atoms with Gasteiger partial charge in [-0.3, -0.25) is 4.79 Å². The summed E-state index contributed by atoms with van der Waals surface area (Å²) >= 11 is 5.16. The van der Waals surface area contributed by atoms with Crippen LogP contribution >= 0.6 is 27.3 Å². The van der Waals surface area contributed by atoms with E-state index < -0.39 is 0 Å². The molecule has 0 aliphatic carbocycles. The van der Waals surface area contributed by atoms with Crippen molar-refractivity contribution in [2.24, 2.45) is 0 Å². The number of thiophene rings is 1. The van der Waals surface area contributed by atoms with E-state index in [1.807, 2.05) is 25.3 Å². The Kier molecular flexibility index (Phi) is 4.74. The topological polar surface area (TPSA) is 34.0 Å². The zero-order valence-corrected chi connectivity index (χ0v) is 12.6. The van der Waals surface area contributed by atoms with E-state index in [9.17, 15) is 4.79 Å². The molecular weight excluding hydrogens is 312 g/mol. The quantitative estimate of drug-likeness (QED) is 0.857. The first-order valence-electron chi connectivity index (χ1n) is 5.76. The highest BCUT2D eigenvalue weighted by molar-refractivity contribution is 9.10. The minimum atomic E-state index is 0.0955. The molecule has 0 unspecified atom stereocenters. The van der Waals surface area contributed by atoms with Gasteiger partial charge < -0.3 is 9.88 Å². The maximum atomic E-state index is 11.8. The van der Waals surface area contributed by atoms with E-state index >= 15 is 0 Å². The average molecular weight is 327 g/mol. The summed E-state index contributed by atoms with van der Waals surface area (Å²) in [5, 5.41) is 5.41. The molecule has 96 valence electrons. The van der Waals surface area contributed by atoms with Gasteiger partial charge in [0.25, 0.3) is 5.56 Å². The van der Waals surface area contributed by atoms with Crippen LogP contribution in [0.3, 0.4) is 0 Å². The lowest BCUT2D eigenvalue weighted by Gasteiger charge is -2.07. The predicted octanol–water partition coefficient (Wildman–Crippen LogP) is 2.77. The van der Waals surface area contributed by atoms with Gasteiger partial charge >= 0.3 is 0 Å². The Balaban J connectivity index is 1.82. The van der Waals surface area contributed by atoms with E-state index in [0.717, 1.165) is 23.1 Å². The van der Waals surface area contributed by atoms with E-state index in [2.05, 4.69) is 32.7 Å². The summed E-state index contributed by atoms with van der Waals surface area (Å²) in [7, 11) is 0. The van der Waals surface area contributed by atoms with Gasteiger partial charge in [-0.05, 0) is 35.0 Å². The first-order valence-corrected chi connectivity index (χ1v) is 7.44. The molecule has 0 spiro atoms. The van der Waals surface area contributed by atoms with E-state index in [4.69, 9.17) is 0 Å². The number of nitrogens with one attached hydrogen (secondary N) is 1. The van der Waals surface area contributed by atoms with Gasteiger partial charge in [-0.2, -0.15) is 0 Å². The van der Waals surface area contributed by atoms with E-state index in [-0.39, 0.29) is 5.56 Å². The molecule has 2 aromatic heterocycles. The molecule has 0 radical (unpaired) electrons. The van der Waals surface area contributed by atoms with Crippen molar-refractivity contribution in [1.82, 2.24) is 9.88 Å². The van der Waals surface area contributed by atoms with Crippen LogP contribution in [0, 0.1) is 6.92 Å². The summed E-state index contributed by atoms with van der Waals surface area (Å²) < 4.78 is 2.87. The van der Waals surface area contributed by atoms with Crippen molar-refractivity contribution in [3.05, 3.63) is 55.0 Å². The van der Waals surface area contributed by atoms with Crippen molar-refractivity contribution in [3.63, 3.8) is 0 Å². The molecule has 5 heteroatoms. The van der Waals surface area contributed by atoms with Crippen LogP contribution in [0.15, 0.2) is 39.0 Å². The first-order chi connectivity index (χ1) is 8.66. The van der Waals surface area contributed by atoms with Crippen molar-refractivity contribution in [3.8, 4) is 0 Å². The van der Waals surface area contributed by atoms with Crippen molar-refractivity contribution in [1.29, 1.82) is 0 Å². The van der Waals surface area contributed by atoms with Crippen molar-refractivity contribution >= 4 is 27.3 Å². The van der Waals surface area contributed by atoms with Gasteiger partial charge in [-0.1, -0.05) is 6.07 Å². The molecule has 0 bridgehead atoms. The molecule has 0 saturated heterocycles. The highest BCUT2D eigenvalue weighted by atomic mass is 79.9. The van der Waals surface area contributed by atoms with E-state index in [1.54, 1.807) is 15.9 Å². The fraction of sp³-hybridized carbons (Fsp3) is 0.308. The highest BCUT2D eigenvalue weighted by Gasteiger charge is 1.99. The number of hydrogen-bond acceptors (Lipinski definition) is 3. The maximum Gasteiger partial charge on any atom is 0.253 e. The first kappa shape index (κ1) is 13.5. The normalized spacial score (nSPS) is 10.8. The lowest BCUT2D eigenvalue weighted by molar-refractivity contribution is 0.586. The van der Waals surface area contributed by atoms with Gasteiger partial charge in [0.15, 0.2) is 0 Å². The standard InChI is InChI=1S/C13H15BrN2OS/c1-10-3-2-5-16(13(10)17)6-4-15-8-12-7-11(14)9-18-12/h2-3,5,7,9,15H,4,6,8H2,1H3. The van der Waals surface area contributed by atoms with Crippen LogP contribution in [0.2, 0.25) is 0 Å². The average Bonchev–Trinajstić information content (AvgIpc) is 2.76. The van der Waals surface area contributed by atoms with Crippen LogP contribution < -0.4 is 10.9 Å². The van der Waals surface area contributed by atoms with E-state index in [0.29, 0.717) is 6.54 Å². The second kappa shape index (κ2) is 6.31. The van der Waals surface area contributed by atoms with Crippen molar-refractivity contribution in [2.45, 2.75) is 20.0 Å². The monoisotopic (exact) mass is 326 g/mol. The van der Waals surface area contributed by atoms with Crippen LogP contribution in [0.4, 0.5) is 0 Å². The molecule has 2 aromatic rings. The van der Waals surface area contributed by atoms with Gasteiger partial charge in [-0.25, -0.2) is 0 Å². The Morgan fingerprint density at radius 1 is 1.50 bits per heavy atom. The molecular formula is C13H15BrN2OS. The third kappa shape index (κ3) is 3.54. The molecule has 2 heterocycles. The molecule has 0 amide bonds. The van der Waals surface area contributed by atoms with Crippen LogP contribution in [0.25, 0.3) is 0 Å². The molecule has 18 heavy (non-hydrogen) atoms. The Morgan fingerprint density at radius 3 is 3.06 bits per heavy atom. The van der Waals surface area contributed by atoms with Gasteiger partial charge in [0.1, 0.15) is 0 Å². The molecule has 0 aliphatic rings. The van der Waals surface area contributed by atoms with Gasteiger partial charge in [0.2, 0.25) is 0 Å². The second-order valence-electron chi connectivity index (χ2n) is 4.10. The Hall–Kier alpha value is -0.910. The lowest BCUT2D eigenvalue weighted by atomic mass is 10.3. The Labute approximate surface area is 119 Å².